The Balaban J connectivity index is 1.86. The van der Waals surface area contributed by atoms with Crippen LogP contribution in [0.5, 0.6) is 5.88 Å². The van der Waals surface area contributed by atoms with E-state index in [9.17, 15) is 14.7 Å². The second-order valence-corrected chi connectivity index (χ2v) is 7.70. The van der Waals surface area contributed by atoms with Crippen molar-refractivity contribution in [3.8, 4) is 28.1 Å². The fraction of sp³-hybridized carbons (Fsp3) is 0.208. The third-order valence-electron chi connectivity index (χ3n) is 5.48. The highest BCUT2D eigenvalue weighted by atomic mass is 35.5. The van der Waals surface area contributed by atoms with Gasteiger partial charge in [-0.15, -0.1) is 0 Å². The quantitative estimate of drug-likeness (QED) is 0.623. The summed E-state index contributed by atoms with van der Waals surface area (Å²) in [5, 5.41) is 10.0. The zero-order valence-corrected chi connectivity index (χ0v) is 17.7. The number of methoxy groups -OCH3 is 1. The summed E-state index contributed by atoms with van der Waals surface area (Å²) in [6, 6.07) is 15.6. The third kappa shape index (κ3) is 3.99. The molecule has 1 aliphatic heterocycles. The van der Waals surface area contributed by atoms with E-state index in [1.807, 2.05) is 36.4 Å². The van der Waals surface area contributed by atoms with Crippen LogP contribution in [-0.2, 0) is 4.79 Å². The Morgan fingerprint density at radius 1 is 1.06 bits per heavy atom. The number of hydrogen-bond acceptors (Lipinski definition) is 4. The van der Waals surface area contributed by atoms with Crippen molar-refractivity contribution >= 4 is 23.5 Å². The number of carboxylic acid groups (broad SMARTS) is 1. The van der Waals surface area contributed by atoms with Crippen molar-refractivity contribution in [1.29, 1.82) is 0 Å². The second kappa shape index (κ2) is 8.78. The van der Waals surface area contributed by atoms with Crippen LogP contribution in [0.3, 0.4) is 0 Å². The SMILES string of the molecule is COc1ncccc1-c1ccc(C(=O)N2CCCC2C(=O)O)cc1-c1ccccc1Cl. The minimum Gasteiger partial charge on any atom is -0.481 e. The Labute approximate surface area is 185 Å². The molecule has 1 aliphatic rings. The molecule has 7 heteroatoms. The summed E-state index contributed by atoms with van der Waals surface area (Å²) in [5.74, 6) is -0.822. The van der Waals surface area contributed by atoms with E-state index in [-0.39, 0.29) is 5.91 Å². The van der Waals surface area contributed by atoms with Crippen LogP contribution >= 0.6 is 11.6 Å². The first-order valence-corrected chi connectivity index (χ1v) is 10.3. The second-order valence-electron chi connectivity index (χ2n) is 7.30. The Hall–Kier alpha value is -3.38. The van der Waals surface area contributed by atoms with Gasteiger partial charge >= 0.3 is 5.97 Å². The number of benzene rings is 2. The summed E-state index contributed by atoms with van der Waals surface area (Å²) >= 11 is 6.50. The van der Waals surface area contributed by atoms with Crippen LogP contribution in [0.2, 0.25) is 5.02 Å². The molecule has 2 heterocycles. The Morgan fingerprint density at radius 3 is 2.58 bits per heavy atom. The van der Waals surface area contributed by atoms with Gasteiger partial charge in [0.15, 0.2) is 0 Å². The topological polar surface area (TPSA) is 79.7 Å². The van der Waals surface area contributed by atoms with Crippen LogP contribution in [0.1, 0.15) is 23.2 Å². The van der Waals surface area contributed by atoms with Gasteiger partial charge in [0.1, 0.15) is 6.04 Å². The molecule has 0 saturated carbocycles. The predicted molar refractivity (Wildman–Crippen MR) is 118 cm³/mol. The summed E-state index contributed by atoms with van der Waals surface area (Å²) in [7, 11) is 1.55. The summed E-state index contributed by atoms with van der Waals surface area (Å²) in [4.78, 5) is 30.5. The van der Waals surface area contributed by atoms with E-state index in [1.165, 1.54) is 4.90 Å². The molecule has 4 rings (SSSR count). The normalized spacial score (nSPS) is 15.7. The van der Waals surface area contributed by atoms with Crippen LogP contribution in [-0.4, -0.2) is 46.6 Å². The predicted octanol–water partition coefficient (Wildman–Crippen LogP) is 4.77. The molecule has 1 amide bonds. The Morgan fingerprint density at radius 2 is 1.84 bits per heavy atom. The van der Waals surface area contributed by atoms with Crippen molar-refractivity contribution in [1.82, 2.24) is 9.88 Å². The van der Waals surface area contributed by atoms with E-state index in [2.05, 4.69) is 4.98 Å². The maximum atomic E-state index is 13.2. The highest BCUT2D eigenvalue weighted by Gasteiger charge is 2.34. The molecular formula is C24H21ClN2O4. The highest BCUT2D eigenvalue weighted by molar-refractivity contribution is 6.33. The van der Waals surface area contributed by atoms with Crippen molar-refractivity contribution < 1.29 is 19.4 Å². The molecule has 1 aromatic heterocycles. The average Bonchev–Trinajstić information content (AvgIpc) is 3.29. The molecule has 0 aliphatic carbocycles. The van der Waals surface area contributed by atoms with E-state index < -0.39 is 12.0 Å². The van der Waals surface area contributed by atoms with Crippen LogP contribution in [0, 0.1) is 0 Å². The number of aliphatic carboxylic acids is 1. The number of hydrogen-bond donors (Lipinski definition) is 1. The summed E-state index contributed by atoms with van der Waals surface area (Å²) in [6.45, 7) is 0.426. The van der Waals surface area contributed by atoms with Gasteiger partial charge < -0.3 is 14.7 Å². The smallest absolute Gasteiger partial charge is 0.326 e. The number of amides is 1. The molecule has 0 spiro atoms. The van der Waals surface area contributed by atoms with Gasteiger partial charge in [0.2, 0.25) is 5.88 Å². The van der Waals surface area contributed by atoms with Gasteiger partial charge in [-0.2, -0.15) is 0 Å². The van der Waals surface area contributed by atoms with E-state index in [1.54, 1.807) is 31.5 Å². The van der Waals surface area contributed by atoms with E-state index in [0.717, 1.165) is 22.3 Å². The molecule has 158 valence electrons. The number of aromatic nitrogens is 1. The molecule has 1 fully saturated rings. The molecule has 3 aromatic rings. The number of carbonyl (C=O) groups is 2. The monoisotopic (exact) mass is 436 g/mol. The van der Waals surface area contributed by atoms with Crippen molar-refractivity contribution in [3.63, 3.8) is 0 Å². The number of carbonyl (C=O) groups excluding carboxylic acids is 1. The van der Waals surface area contributed by atoms with Gasteiger partial charge in [-0.3, -0.25) is 4.79 Å². The van der Waals surface area contributed by atoms with E-state index in [0.29, 0.717) is 35.9 Å². The molecule has 1 saturated heterocycles. The van der Waals surface area contributed by atoms with Crippen LogP contribution in [0.25, 0.3) is 22.3 Å². The number of ether oxygens (including phenoxy) is 1. The van der Waals surface area contributed by atoms with Gasteiger partial charge in [-0.05, 0) is 54.3 Å². The first-order valence-electron chi connectivity index (χ1n) is 9.93. The maximum absolute atomic E-state index is 13.2. The molecule has 1 unspecified atom stereocenters. The molecule has 0 bridgehead atoms. The van der Waals surface area contributed by atoms with Crippen LogP contribution in [0.4, 0.5) is 0 Å². The lowest BCUT2D eigenvalue weighted by atomic mass is 9.92. The van der Waals surface area contributed by atoms with Crippen molar-refractivity contribution in [3.05, 3.63) is 71.4 Å². The van der Waals surface area contributed by atoms with Crippen molar-refractivity contribution in [2.45, 2.75) is 18.9 Å². The third-order valence-corrected chi connectivity index (χ3v) is 5.81. The number of carboxylic acids is 1. The highest BCUT2D eigenvalue weighted by Crippen LogP contribution is 2.39. The van der Waals surface area contributed by atoms with E-state index in [4.69, 9.17) is 16.3 Å². The fourth-order valence-electron chi connectivity index (χ4n) is 4.01. The molecule has 6 nitrogen and oxygen atoms in total. The van der Waals surface area contributed by atoms with Crippen molar-refractivity contribution in [2.75, 3.05) is 13.7 Å². The minimum atomic E-state index is -0.978. The number of pyridine rings is 1. The standard InChI is InChI=1S/C24H21ClN2O4/c1-31-22-18(7-4-12-26-22)16-11-10-15(14-19(16)17-6-2-3-8-20(17)25)23(28)27-13-5-9-21(27)24(29)30/h2-4,6-8,10-12,14,21H,5,9,13H2,1H3,(H,29,30). The first-order chi connectivity index (χ1) is 15.0. The number of halogens is 1. The Bertz CT molecular complexity index is 1150. The number of likely N-dealkylation sites (tertiary alicyclic amines) is 1. The molecular weight excluding hydrogens is 416 g/mol. The maximum Gasteiger partial charge on any atom is 0.326 e. The summed E-state index contributed by atoms with van der Waals surface area (Å²) in [6.07, 6.45) is 2.78. The lowest BCUT2D eigenvalue weighted by Gasteiger charge is -2.22. The summed E-state index contributed by atoms with van der Waals surface area (Å²) < 4.78 is 5.44. The van der Waals surface area contributed by atoms with Crippen LogP contribution in [0.15, 0.2) is 60.8 Å². The number of rotatable bonds is 5. The van der Waals surface area contributed by atoms with Gasteiger partial charge in [0.05, 0.1) is 7.11 Å². The molecule has 2 aromatic carbocycles. The molecule has 0 radical (unpaired) electrons. The van der Waals surface area contributed by atoms with Crippen molar-refractivity contribution in [2.24, 2.45) is 0 Å². The zero-order chi connectivity index (χ0) is 22.0. The van der Waals surface area contributed by atoms with E-state index >= 15 is 0 Å². The fourth-order valence-corrected chi connectivity index (χ4v) is 4.24. The van der Waals surface area contributed by atoms with Gasteiger partial charge in [-0.25, -0.2) is 9.78 Å². The van der Waals surface area contributed by atoms with Crippen LogP contribution < -0.4 is 4.74 Å². The lowest BCUT2D eigenvalue weighted by molar-refractivity contribution is -0.141. The first kappa shape index (κ1) is 20.9. The average molecular weight is 437 g/mol. The van der Waals surface area contributed by atoms with Gasteiger partial charge in [-0.1, -0.05) is 35.9 Å². The summed E-state index contributed by atoms with van der Waals surface area (Å²) in [5.41, 5.74) is 3.49. The molecule has 1 atom stereocenters. The largest absolute Gasteiger partial charge is 0.481 e. The van der Waals surface area contributed by atoms with Gasteiger partial charge in [0, 0.05) is 34.5 Å². The molecule has 1 N–H and O–H groups in total. The Kier molecular flexibility index (Phi) is 5.91. The zero-order valence-electron chi connectivity index (χ0n) is 16.9. The molecule has 31 heavy (non-hydrogen) atoms. The minimum absolute atomic E-state index is 0.303. The lowest BCUT2D eigenvalue weighted by Crippen LogP contribution is -2.40. The van der Waals surface area contributed by atoms with Gasteiger partial charge in [0.25, 0.3) is 5.91 Å². The number of nitrogens with zero attached hydrogens (tertiary/aromatic N) is 2.